The maximum atomic E-state index is 13.1. The van der Waals surface area contributed by atoms with Crippen LogP contribution < -0.4 is 10.7 Å². The molecule has 2 heterocycles. The van der Waals surface area contributed by atoms with Crippen molar-refractivity contribution in [2.45, 2.75) is 18.4 Å². The van der Waals surface area contributed by atoms with Crippen LogP contribution >= 0.6 is 23.4 Å². The minimum Gasteiger partial charge on any atom is -0.324 e. The van der Waals surface area contributed by atoms with Gasteiger partial charge in [0.25, 0.3) is 0 Å². The van der Waals surface area contributed by atoms with Gasteiger partial charge in [-0.05, 0) is 67.8 Å². The quantitative estimate of drug-likeness (QED) is 0.314. The number of pyridine rings is 2. The van der Waals surface area contributed by atoms with Crippen LogP contribution in [0.15, 0.2) is 76.6 Å². The number of carbonyl (C=O) groups is 2. The number of halogens is 1. The molecule has 0 atom stereocenters. The number of aryl methyl sites for hydroxylation is 1. The van der Waals surface area contributed by atoms with Crippen molar-refractivity contribution in [2.75, 3.05) is 11.6 Å². The predicted octanol–water partition coefficient (Wildman–Crippen LogP) is 4.95. The molecule has 1 N–H and O–H groups in total. The van der Waals surface area contributed by atoms with Crippen molar-refractivity contribution >= 4 is 51.8 Å². The van der Waals surface area contributed by atoms with Crippen LogP contribution in [-0.4, -0.2) is 27.5 Å². The summed E-state index contributed by atoms with van der Waals surface area (Å²) in [5, 5.41) is 3.63. The Morgan fingerprint density at radius 1 is 1.09 bits per heavy atom. The third-order valence-electron chi connectivity index (χ3n) is 5.08. The zero-order chi connectivity index (χ0) is 23.5. The first-order valence-corrected chi connectivity index (χ1v) is 11.7. The van der Waals surface area contributed by atoms with E-state index in [-0.39, 0.29) is 23.4 Å². The second-order valence-electron chi connectivity index (χ2n) is 7.44. The lowest BCUT2D eigenvalue weighted by molar-refractivity contribution is -0.116. The van der Waals surface area contributed by atoms with Gasteiger partial charge in [0.15, 0.2) is 5.78 Å². The van der Waals surface area contributed by atoms with Crippen LogP contribution in [-0.2, 0) is 11.3 Å². The predicted molar refractivity (Wildman–Crippen MR) is 132 cm³/mol. The SMILES string of the molecule is CSc1cccc(NC(=O)Cn2cc(C(=O)c3ccc(Cl)cc3)c(=O)c3ccc(C)nc32)c1. The van der Waals surface area contributed by atoms with Crippen LogP contribution in [0.1, 0.15) is 21.6 Å². The highest BCUT2D eigenvalue weighted by atomic mass is 35.5. The van der Waals surface area contributed by atoms with Gasteiger partial charge in [-0.1, -0.05) is 17.7 Å². The van der Waals surface area contributed by atoms with Gasteiger partial charge in [0.1, 0.15) is 12.2 Å². The molecule has 4 aromatic rings. The average Bonchev–Trinajstić information content (AvgIpc) is 2.81. The Labute approximate surface area is 199 Å². The molecular formula is C25H20ClN3O3S. The Morgan fingerprint density at radius 3 is 2.58 bits per heavy atom. The van der Waals surface area contributed by atoms with E-state index in [1.54, 1.807) is 65.7 Å². The first-order chi connectivity index (χ1) is 15.9. The van der Waals surface area contributed by atoms with Crippen LogP contribution in [0.2, 0.25) is 5.02 Å². The van der Waals surface area contributed by atoms with E-state index >= 15 is 0 Å². The van der Waals surface area contributed by atoms with Gasteiger partial charge in [-0.2, -0.15) is 0 Å². The molecular weight excluding hydrogens is 458 g/mol. The molecule has 6 nitrogen and oxygen atoms in total. The summed E-state index contributed by atoms with van der Waals surface area (Å²) in [6, 6.07) is 17.2. The zero-order valence-electron chi connectivity index (χ0n) is 18.0. The molecule has 8 heteroatoms. The van der Waals surface area contributed by atoms with Crippen molar-refractivity contribution in [2.24, 2.45) is 0 Å². The molecule has 0 aliphatic carbocycles. The third-order valence-corrected chi connectivity index (χ3v) is 6.06. The summed E-state index contributed by atoms with van der Waals surface area (Å²) < 4.78 is 1.54. The molecule has 0 radical (unpaired) electrons. The number of hydrogen-bond donors (Lipinski definition) is 1. The number of thioether (sulfide) groups is 1. The molecule has 0 saturated carbocycles. The van der Waals surface area contributed by atoms with Gasteiger partial charge in [-0.15, -0.1) is 11.8 Å². The number of fused-ring (bicyclic) bond motifs is 1. The Morgan fingerprint density at radius 2 is 1.85 bits per heavy atom. The number of benzene rings is 2. The fourth-order valence-electron chi connectivity index (χ4n) is 3.45. The van der Waals surface area contributed by atoms with E-state index in [0.29, 0.717) is 27.6 Å². The number of hydrogen-bond acceptors (Lipinski definition) is 5. The van der Waals surface area contributed by atoms with Gasteiger partial charge < -0.3 is 9.88 Å². The van der Waals surface area contributed by atoms with Gasteiger partial charge in [-0.3, -0.25) is 14.4 Å². The lowest BCUT2D eigenvalue weighted by Gasteiger charge is -2.13. The normalized spacial score (nSPS) is 10.9. The zero-order valence-corrected chi connectivity index (χ0v) is 19.5. The van der Waals surface area contributed by atoms with Crippen molar-refractivity contribution in [1.29, 1.82) is 0 Å². The largest absolute Gasteiger partial charge is 0.324 e. The van der Waals surface area contributed by atoms with Crippen LogP contribution in [0.4, 0.5) is 5.69 Å². The number of amides is 1. The van der Waals surface area contributed by atoms with E-state index in [1.165, 1.54) is 6.20 Å². The number of ketones is 1. The molecule has 0 aliphatic heterocycles. The van der Waals surface area contributed by atoms with Gasteiger partial charge >= 0.3 is 0 Å². The number of nitrogens with zero attached hydrogens (tertiary/aromatic N) is 2. The fourth-order valence-corrected chi connectivity index (χ4v) is 4.04. The van der Waals surface area contributed by atoms with Gasteiger partial charge in [-0.25, -0.2) is 4.98 Å². The van der Waals surface area contributed by atoms with Crippen molar-refractivity contribution in [3.63, 3.8) is 0 Å². The van der Waals surface area contributed by atoms with Crippen molar-refractivity contribution in [1.82, 2.24) is 9.55 Å². The van der Waals surface area contributed by atoms with E-state index < -0.39 is 11.2 Å². The number of aromatic nitrogens is 2. The summed E-state index contributed by atoms with van der Waals surface area (Å²) in [5.74, 6) is -0.743. The molecule has 0 unspecified atom stereocenters. The molecule has 0 fully saturated rings. The second kappa shape index (κ2) is 9.60. The number of anilines is 1. The average molecular weight is 478 g/mol. The topological polar surface area (TPSA) is 81.1 Å². The summed E-state index contributed by atoms with van der Waals surface area (Å²) in [4.78, 5) is 44.5. The van der Waals surface area contributed by atoms with Crippen LogP contribution in [0.5, 0.6) is 0 Å². The minimum absolute atomic E-state index is 0.0346. The van der Waals surface area contributed by atoms with Crippen molar-refractivity contribution in [3.05, 3.63) is 98.9 Å². The standard InChI is InChI=1S/C25H20ClN3O3S/c1-15-6-11-20-24(32)21(23(31)16-7-9-17(26)10-8-16)13-29(25(20)27-15)14-22(30)28-18-4-3-5-19(12-18)33-2/h3-13H,14H2,1-2H3,(H,28,30). The van der Waals surface area contributed by atoms with Crippen molar-refractivity contribution in [3.8, 4) is 0 Å². The Balaban J connectivity index is 1.74. The monoisotopic (exact) mass is 477 g/mol. The number of carbonyl (C=O) groups excluding carboxylic acids is 2. The molecule has 1 amide bonds. The number of nitrogens with one attached hydrogen (secondary N) is 1. The lowest BCUT2D eigenvalue weighted by Crippen LogP contribution is -2.25. The highest BCUT2D eigenvalue weighted by Crippen LogP contribution is 2.20. The molecule has 0 spiro atoms. The lowest BCUT2D eigenvalue weighted by atomic mass is 10.0. The van der Waals surface area contributed by atoms with Crippen LogP contribution in [0.3, 0.4) is 0 Å². The molecule has 2 aromatic heterocycles. The van der Waals surface area contributed by atoms with Gasteiger partial charge in [0, 0.05) is 33.1 Å². The van der Waals surface area contributed by atoms with Crippen molar-refractivity contribution < 1.29 is 9.59 Å². The molecule has 2 aromatic carbocycles. The van der Waals surface area contributed by atoms with Crippen LogP contribution in [0.25, 0.3) is 11.0 Å². The summed E-state index contributed by atoms with van der Waals surface area (Å²) >= 11 is 7.50. The first-order valence-electron chi connectivity index (χ1n) is 10.1. The fraction of sp³-hybridized carbons (Fsp3) is 0.120. The van der Waals surface area contributed by atoms with E-state index in [0.717, 1.165) is 4.90 Å². The first kappa shape index (κ1) is 22.8. The highest BCUT2D eigenvalue weighted by molar-refractivity contribution is 7.98. The van der Waals surface area contributed by atoms with E-state index in [4.69, 9.17) is 11.6 Å². The molecule has 4 rings (SSSR count). The van der Waals surface area contributed by atoms with Gasteiger partial charge in [0.2, 0.25) is 11.3 Å². The Bertz CT molecular complexity index is 1430. The molecule has 0 aliphatic rings. The Kier molecular flexibility index (Phi) is 6.62. The third kappa shape index (κ3) is 4.99. The maximum absolute atomic E-state index is 13.1. The maximum Gasteiger partial charge on any atom is 0.244 e. The van der Waals surface area contributed by atoms with E-state index in [1.807, 2.05) is 24.5 Å². The Hall–Kier alpha value is -3.42. The second-order valence-corrected chi connectivity index (χ2v) is 8.76. The molecule has 166 valence electrons. The molecule has 0 saturated heterocycles. The van der Waals surface area contributed by atoms with E-state index in [2.05, 4.69) is 10.3 Å². The summed E-state index contributed by atoms with van der Waals surface area (Å²) in [5.41, 5.74) is 1.58. The minimum atomic E-state index is -0.444. The van der Waals surface area contributed by atoms with Crippen LogP contribution in [0, 0.1) is 6.92 Å². The number of rotatable bonds is 6. The van der Waals surface area contributed by atoms with E-state index in [9.17, 15) is 14.4 Å². The summed E-state index contributed by atoms with van der Waals surface area (Å²) in [6.45, 7) is 1.69. The molecule has 33 heavy (non-hydrogen) atoms. The van der Waals surface area contributed by atoms with Gasteiger partial charge in [0.05, 0.1) is 10.9 Å². The molecule has 0 bridgehead atoms. The highest BCUT2D eigenvalue weighted by Gasteiger charge is 2.19. The summed E-state index contributed by atoms with van der Waals surface area (Å²) in [6.07, 6.45) is 3.37. The smallest absolute Gasteiger partial charge is 0.244 e. The summed E-state index contributed by atoms with van der Waals surface area (Å²) in [7, 11) is 0.